The summed E-state index contributed by atoms with van der Waals surface area (Å²) >= 11 is -2.33. The van der Waals surface area contributed by atoms with Crippen molar-refractivity contribution in [2.24, 2.45) is 0 Å². The summed E-state index contributed by atoms with van der Waals surface area (Å²) in [7, 11) is 0. The van der Waals surface area contributed by atoms with Gasteiger partial charge in [-0.3, -0.25) is 9.11 Å². The summed E-state index contributed by atoms with van der Waals surface area (Å²) in [5.41, 5.74) is -0.0777. The van der Waals surface area contributed by atoms with Crippen LogP contribution in [0.2, 0.25) is 0 Å². The molecule has 0 fully saturated rings. The number of anilines is 1. The van der Waals surface area contributed by atoms with Gasteiger partial charge in [0, 0.05) is 4.90 Å². The summed E-state index contributed by atoms with van der Waals surface area (Å²) in [6.07, 6.45) is -0.474. The molecule has 1 heterocycles. The van der Waals surface area contributed by atoms with E-state index in [1.807, 2.05) is 0 Å². The van der Waals surface area contributed by atoms with Crippen molar-refractivity contribution in [3.05, 3.63) is 18.2 Å². The third-order valence-electron chi connectivity index (χ3n) is 2.60. The Morgan fingerprint density at radius 1 is 1.43 bits per heavy atom. The van der Waals surface area contributed by atoms with Gasteiger partial charge in [0.15, 0.2) is 0 Å². The van der Waals surface area contributed by atoms with Crippen molar-refractivity contribution in [1.82, 2.24) is 0 Å². The SMILES string of the molecule is CC(C)(C)OC(=O)N1CCOc2cc(S(=O)[O-])ccc21.[Na+]. The summed E-state index contributed by atoms with van der Waals surface area (Å²) in [6, 6.07) is 4.37. The molecule has 6 nitrogen and oxygen atoms in total. The molecule has 1 aromatic rings. The van der Waals surface area contributed by atoms with Crippen LogP contribution >= 0.6 is 0 Å². The van der Waals surface area contributed by atoms with E-state index in [2.05, 4.69) is 0 Å². The van der Waals surface area contributed by atoms with Crippen molar-refractivity contribution in [1.29, 1.82) is 0 Å². The fourth-order valence-electron chi connectivity index (χ4n) is 1.81. The van der Waals surface area contributed by atoms with E-state index in [-0.39, 0.29) is 34.5 Å². The zero-order chi connectivity index (χ0) is 14.9. The predicted molar refractivity (Wildman–Crippen MR) is 72.7 cm³/mol. The Bertz CT molecular complexity index is 558. The molecular formula is C13H16NNaO5S. The van der Waals surface area contributed by atoms with Gasteiger partial charge in [0.2, 0.25) is 0 Å². The number of carbonyl (C=O) groups is 1. The molecular weight excluding hydrogens is 305 g/mol. The Hall–Kier alpha value is -0.600. The zero-order valence-corrected chi connectivity index (χ0v) is 15.4. The van der Waals surface area contributed by atoms with Crippen LogP contribution in [0.4, 0.5) is 10.5 Å². The predicted octanol–water partition coefficient (Wildman–Crippen LogP) is -0.937. The van der Waals surface area contributed by atoms with Crippen molar-refractivity contribution in [2.45, 2.75) is 31.3 Å². The van der Waals surface area contributed by atoms with E-state index in [9.17, 15) is 13.6 Å². The molecule has 1 aliphatic heterocycles. The Balaban J connectivity index is 0.00000220. The van der Waals surface area contributed by atoms with E-state index >= 15 is 0 Å². The minimum absolute atomic E-state index is 0. The Labute approximate surface area is 148 Å². The van der Waals surface area contributed by atoms with Crippen molar-refractivity contribution >= 4 is 22.9 Å². The molecule has 0 N–H and O–H groups in total. The summed E-state index contributed by atoms with van der Waals surface area (Å²) in [6.45, 7) is 6.02. The first-order chi connectivity index (χ1) is 9.28. The van der Waals surface area contributed by atoms with Gasteiger partial charge in [-0.2, -0.15) is 0 Å². The van der Waals surface area contributed by atoms with Crippen molar-refractivity contribution < 1.29 is 52.6 Å². The average Bonchev–Trinajstić information content (AvgIpc) is 2.35. The molecule has 0 spiro atoms. The minimum Gasteiger partial charge on any atom is -0.768 e. The number of carbonyl (C=O) groups excluding carboxylic acids is 1. The first-order valence-electron chi connectivity index (χ1n) is 6.14. The van der Waals surface area contributed by atoms with Crippen LogP contribution in [0.15, 0.2) is 23.1 Å². The van der Waals surface area contributed by atoms with Gasteiger partial charge in [-0.05, 0) is 50.1 Å². The number of amides is 1. The van der Waals surface area contributed by atoms with Gasteiger partial charge in [-0.1, -0.05) is 0 Å². The number of nitrogens with zero attached hydrogens (tertiary/aromatic N) is 1. The van der Waals surface area contributed by atoms with Crippen LogP contribution in [0, 0.1) is 0 Å². The first-order valence-corrected chi connectivity index (χ1v) is 7.22. The summed E-state index contributed by atoms with van der Waals surface area (Å²) in [4.78, 5) is 13.7. The Morgan fingerprint density at radius 2 is 2.10 bits per heavy atom. The first kappa shape index (κ1) is 18.4. The van der Waals surface area contributed by atoms with Crippen molar-refractivity contribution in [3.8, 4) is 5.75 Å². The van der Waals surface area contributed by atoms with Crippen LogP contribution in [-0.4, -0.2) is 33.6 Å². The number of ether oxygens (including phenoxy) is 2. The topological polar surface area (TPSA) is 78.9 Å². The molecule has 1 unspecified atom stereocenters. The maximum atomic E-state index is 12.1. The zero-order valence-electron chi connectivity index (χ0n) is 12.5. The molecule has 8 heteroatoms. The van der Waals surface area contributed by atoms with Gasteiger partial charge in [-0.15, -0.1) is 0 Å². The summed E-state index contributed by atoms with van der Waals surface area (Å²) in [5.74, 6) is 0.365. The van der Waals surface area contributed by atoms with E-state index in [4.69, 9.17) is 9.47 Å². The van der Waals surface area contributed by atoms with Crippen LogP contribution in [0.5, 0.6) is 5.75 Å². The van der Waals surface area contributed by atoms with Crippen molar-refractivity contribution in [2.75, 3.05) is 18.1 Å². The smallest absolute Gasteiger partial charge is 0.768 e. The molecule has 1 amide bonds. The second-order valence-electron chi connectivity index (χ2n) is 5.34. The van der Waals surface area contributed by atoms with Crippen LogP contribution in [0.3, 0.4) is 0 Å². The van der Waals surface area contributed by atoms with Gasteiger partial charge in [-0.25, -0.2) is 4.79 Å². The molecule has 0 saturated carbocycles. The maximum Gasteiger partial charge on any atom is 1.00 e. The van der Waals surface area contributed by atoms with E-state index in [1.165, 1.54) is 17.0 Å². The van der Waals surface area contributed by atoms with Crippen LogP contribution in [0.1, 0.15) is 20.8 Å². The molecule has 0 aliphatic carbocycles. The van der Waals surface area contributed by atoms with Gasteiger partial charge in [0.05, 0.1) is 12.2 Å². The van der Waals surface area contributed by atoms with Crippen LogP contribution in [0.25, 0.3) is 0 Å². The molecule has 1 atom stereocenters. The fourth-order valence-corrected chi connectivity index (χ4v) is 2.19. The third-order valence-corrected chi connectivity index (χ3v) is 3.24. The minimum atomic E-state index is -2.33. The maximum absolute atomic E-state index is 12.1. The van der Waals surface area contributed by atoms with E-state index in [1.54, 1.807) is 26.8 Å². The quantitative estimate of drug-likeness (QED) is 0.493. The number of hydrogen-bond acceptors (Lipinski definition) is 5. The fraction of sp³-hybridized carbons (Fsp3) is 0.462. The van der Waals surface area contributed by atoms with Crippen molar-refractivity contribution in [3.63, 3.8) is 0 Å². The second kappa shape index (κ2) is 7.11. The van der Waals surface area contributed by atoms with Gasteiger partial charge in [0.25, 0.3) is 0 Å². The molecule has 0 radical (unpaired) electrons. The molecule has 0 bridgehead atoms. The van der Waals surface area contributed by atoms with E-state index in [0.29, 0.717) is 24.6 Å². The molecule has 1 aliphatic rings. The molecule has 1 aromatic carbocycles. The largest absolute Gasteiger partial charge is 1.00 e. The molecule has 21 heavy (non-hydrogen) atoms. The number of fused-ring (bicyclic) bond motifs is 1. The number of rotatable bonds is 1. The second-order valence-corrected chi connectivity index (χ2v) is 6.29. The summed E-state index contributed by atoms with van der Waals surface area (Å²) < 4.78 is 32.6. The monoisotopic (exact) mass is 321 g/mol. The summed E-state index contributed by atoms with van der Waals surface area (Å²) in [5, 5.41) is 0. The molecule has 0 saturated heterocycles. The van der Waals surface area contributed by atoms with Gasteiger partial charge >= 0.3 is 35.7 Å². The van der Waals surface area contributed by atoms with E-state index in [0.717, 1.165) is 0 Å². The van der Waals surface area contributed by atoms with Gasteiger partial charge < -0.3 is 14.0 Å². The number of hydrogen-bond donors (Lipinski definition) is 0. The average molecular weight is 321 g/mol. The Morgan fingerprint density at radius 3 is 2.67 bits per heavy atom. The normalized spacial score (nSPS) is 15.3. The molecule has 2 rings (SSSR count). The van der Waals surface area contributed by atoms with E-state index < -0.39 is 22.8 Å². The van der Waals surface area contributed by atoms with Gasteiger partial charge in [0.1, 0.15) is 18.0 Å². The standard InChI is InChI=1S/C13H17NO5S.Na/c1-13(2,3)19-12(15)14-6-7-18-11-8-9(20(16)17)4-5-10(11)14;/h4-5,8H,6-7H2,1-3H3,(H,16,17);/q;+1/p-1. The Kier molecular flexibility index (Phi) is 6.24. The molecule has 0 aromatic heterocycles. The van der Waals surface area contributed by atoms with Crippen LogP contribution in [-0.2, 0) is 15.8 Å². The molecule has 110 valence electrons. The third kappa shape index (κ3) is 4.69. The van der Waals surface area contributed by atoms with Crippen LogP contribution < -0.4 is 39.2 Å². The number of benzene rings is 1.